The van der Waals surface area contributed by atoms with Gasteiger partial charge in [-0.3, -0.25) is 4.57 Å². The predicted molar refractivity (Wildman–Crippen MR) is 85.0 cm³/mol. The second kappa shape index (κ2) is 6.79. The molecule has 0 radical (unpaired) electrons. The lowest BCUT2D eigenvalue weighted by Gasteiger charge is -2.21. The van der Waals surface area contributed by atoms with Gasteiger partial charge in [0, 0.05) is 0 Å². The molecule has 2 aromatic carbocycles. The monoisotopic (exact) mass is 306 g/mol. The Morgan fingerprint density at radius 3 is 2.10 bits per heavy atom. The third-order valence-corrected chi connectivity index (χ3v) is 5.63. The lowest BCUT2D eigenvalue weighted by molar-refractivity contribution is -0.845. The lowest BCUT2D eigenvalue weighted by Crippen LogP contribution is -3.05. The van der Waals surface area contributed by atoms with Gasteiger partial charge in [-0.15, -0.1) is 0 Å². The molecule has 112 valence electrons. The van der Waals surface area contributed by atoms with Crippen LogP contribution in [-0.4, -0.2) is 27.5 Å². The summed E-state index contributed by atoms with van der Waals surface area (Å²) in [5, 5.41) is 0.702. The summed E-state index contributed by atoms with van der Waals surface area (Å²) in [6, 6.07) is 16.5. The number of quaternary nitrogens is 1. The van der Waals surface area contributed by atoms with E-state index in [0.717, 1.165) is 10.6 Å². The molecule has 2 aromatic rings. The highest BCUT2D eigenvalue weighted by atomic mass is 31.2. The van der Waals surface area contributed by atoms with Crippen molar-refractivity contribution in [2.45, 2.75) is 0 Å². The fourth-order valence-electron chi connectivity index (χ4n) is 2.05. The second-order valence-electron chi connectivity index (χ2n) is 5.14. The van der Waals surface area contributed by atoms with E-state index in [2.05, 4.69) is 0 Å². The van der Waals surface area contributed by atoms with Gasteiger partial charge >= 0.3 is 7.37 Å². The molecule has 0 aliphatic carbocycles. The fourth-order valence-corrected chi connectivity index (χ4v) is 4.30. The van der Waals surface area contributed by atoms with Crippen LogP contribution in [0.15, 0.2) is 54.6 Å². The molecule has 4 nitrogen and oxygen atoms in total. The van der Waals surface area contributed by atoms with Gasteiger partial charge in [-0.2, -0.15) is 0 Å². The van der Waals surface area contributed by atoms with Crippen molar-refractivity contribution in [2.75, 3.05) is 27.5 Å². The number of hydrogen-bond donors (Lipinski definition) is 1. The van der Waals surface area contributed by atoms with E-state index < -0.39 is 7.37 Å². The van der Waals surface area contributed by atoms with Gasteiger partial charge in [0.2, 0.25) is 0 Å². The van der Waals surface area contributed by atoms with Crippen LogP contribution in [0.25, 0.3) is 0 Å². The molecule has 0 spiro atoms. The van der Waals surface area contributed by atoms with Gasteiger partial charge in [0.25, 0.3) is 0 Å². The minimum absolute atomic E-state index is 0.425. The minimum Gasteiger partial charge on any atom is -0.497 e. The van der Waals surface area contributed by atoms with Gasteiger partial charge in [-0.1, -0.05) is 18.2 Å². The molecule has 0 aromatic heterocycles. The molecule has 0 saturated carbocycles. The largest absolute Gasteiger partial charge is 0.497 e. The summed E-state index contributed by atoms with van der Waals surface area (Å²) in [4.78, 5) is 1.07. The Balaban J connectivity index is 2.33. The van der Waals surface area contributed by atoms with Crippen LogP contribution < -0.4 is 19.5 Å². The van der Waals surface area contributed by atoms with E-state index in [1.165, 1.54) is 0 Å². The summed E-state index contributed by atoms with van der Waals surface area (Å²) >= 11 is 0. The topological polar surface area (TPSA) is 40.0 Å². The third-order valence-electron chi connectivity index (χ3n) is 2.99. The zero-order chi connectivity index (χ0) is 15.3. The summed E-state index contributed by atoms with van der Waals surface area (Å²) in [7, 11) is 2.56. The molecule has 0 fully saturated rings. The molecular weight excluding hydrogens is 285 g/mol. The first kappa shape index (κ1) is 15.6. The molecule has 0 heterocycles. The van der Waals surface area contributed by atoms with Gasteiger partial charge in [0.05, 0.1) is 26.5 Å². The van der Waals surface area contributed by atoms with Crippen molar-refractivity contribution < 1.29 is 18.7 Å². The molecule has 21 heavy (non-hydrogen) atoms. The molecule has 0 aliphatic heterocycles. The van der Waals surface area contributed by atoms with Gasteiger partial charge < -0.3 is 14.2 Å². The highest BCUT2D eigenvalue weighted by Crippen LogP contribution is 2.44. The first-order valence-electron chi connectivity index (χ1n) is 6.81. The number of benzene rings is 2. The highest BCUT2D eigenvalue weighted by molar-refractivity contribution is 7.67. The SMILES string of the molecule is COc1ccc(P(=O)(C[NH+](C)C)Oc2ccccc2)cc1. The van der Waals surface area contributed by atoms with Crippen LogP contribution in [0.2, 0.25) is 0 Å². The number of methoxy groups -OCH3 is 1. The van der Waals surface area contributed by atoms with Gasteiger partial charge in [0.1, 0.15) is 11.5 Å². The average Bonchev–Trinajstić information content (AvgIpc) is 2.47. The Labute approximate surface area is 125 Å². The van der Waals surface area contributed by atoms with Crippen molar-refractivity contribution in [3.8, 4) is 11.5 Å². The summed E-state index contributed by atoms with van der Waals surface area (Å²) in [6.07, 6.45) is 0.425. The highest BCUT2D eigenvalue weighted by Gasteiger charge is 2.31. The van der Waals surface area contributed by atoms with E-state index in [-0.39, 0.29) is 0 Å². The fraction of sp³-hybridized carbons (Fsp3) is 0.250. The molecule has 5 heteroatoms. The summed E-state index contributed by atoms with van der Waals surface area (Å²) in [5.74, 6) is 1.36. The van der Waals surface area contributed by atoms with E-state index in [4.69, 9.17) is 9.26 Å². The zero-order valence-electron chi connectivity index (χ0n) is 12.6. The molecule has 1 unspecified atom stereocenters. The van der Waals surface area contributed by atoms with Crippen LogP contribution in [-0.2, 0) is 4.57 Å². The summed E-state index contributed by atoms with van der Waals surface area (Å²) in [5.41, 5.74) is 0. The molecule has 0 bridgehead atoms. The Kier molecular flexibility index (Phi) is 5.05. The number of hydrogen-bond acceptors (Lipinski definition) is 3. The van der Waals surface area contributed by atoms with Gasteiger partial charge in [0.15, 0.2) is 6.29 Å². The van der Waals surface area contributed by atoms with Crippen LogP contribution in [0.1, 0.15) is 0 Å². The first-order chi connectivity index (χ1) is 10.0. The molecule has 2 rings (SSSR count). The van der Waals surface area contributed by atoms with Crippen LogP contribution in [0, 0.1) is 0 Å². The van der Waals surface area contributed by atoms with E-state index in [0.29, 0.717) is 17.3 Å². The van der Waals surface area contributed by atoms with Crippen molar-refractivity contribution >= 4 is 12.7 Å². The van der Waals surface area contributed by atoms with Crippen molar-refractivity contribution in [1.29, 1.82) is 0 Å². The smallest absolute Gasteiger partial charge is 0.329 e. The molecule has 1 N–H and O–H groups in total. The molecule has 0 saturated heterocycles. The average molecular weight is 306 g/mol. The van der Waals surface area contributed by atoms with Crippen LogP contribution in [0.4, 0.5) is 0 Å². The number of para-hydroxylation sites is 1. The van der Waals surface area contributed by atoms with Gasteiger partial charge in [-0.05, 0) is 36.4 Å². The third kappa shape index (κ3) is 4.10. The van der Waals surface area contributed by atoms with E-state index in [1.807, 2.05) is 56.6 Å². The van der Waals surface area contributed by atoms with Crippen molar-refractivity contribution in [3.63, 3.8) is 0 Å². The maximum absolute atomic E-state index is 13.3. The second-order valence-corrected chi connectivity index (χ2v) is 7.50. The summed E-state index contributed by atoms with van der Waals surface area (Å²) in [6.45, 7) is 0. The first-order valence-corrected chi connectivity index (χ1v) is 8.62. The number of nitrogens with one attached hydrogen (secondary N) is 1. The Morgan fingerprint density at radius 2 is 1.57 bits per heavy atom. The Hall–Kier alpha value is -1.77. The van der Waals surface area contributed by atoms with Crippen LogP contribution in [0.3, 0.4) is 0 Å². The lowest BCUT2D eigenvalue weighted by atomic mass is 10.3. The van der Waals surface area contributed by atoms with Crippen LogP contribution >= 0.6 is 7.37 Å². The Bertz CT molecular complexity index is 611. The standard InChI is InChI=1S/C16H20NO3P/c1-17(2)13-21(18,20-15-7-5-4-6-8-15)16-11-9-14(19-3)10-12-16/h4-12H,13H2,1-3H3/p+1. The normalized spacial score (nSPS) is 13.7. The predicted octanol–water partition coefficient (Wildman–Crippen LogP) is 1.78. The van der Waals surface area contributed by atoms with Crippen molar-refractivity contribution in [3.05, 3.63) is 54.6 Å². The number of ether oxygens (including phenoxy) is 1. The summed E-state index contributed by atoms with van der Waals surface area (Å²) < 4.78 is 24.3. The Morgan fingerprint density at radius 1 is 0.952 bits per heavy atom. The van der Waals surface area contributed by atoms with Gasteiger partial charge in [-0.25, -0.2) is 0 Å². The number of rotatable bonds is 6. The van der Waals surface area contributed by atoms with Crippen LogP contribution in [0.5, 0.6) is 11.5 Å². The molecule has 0 amide bonds. The molecular formula is C16H21NO3P+. The quantitative estimate of drug-likeness (QED) is 0.827. The van der Waals surface area contributed by atoms with E-state index >= 15 is 0 Å². The maximum atomic E-state index is 13.3. The van der Waals surface area contributed by atoms with Crippen molar-refractivity contribution in [2.24, 2.45) is 0 Å². The zero-order valence-corrected chi connectivity index (χ0v) is 13.5. The van der Waals surface area contributed by atoms with Crippen molar-refractivity contribution in [1.82, 2.24) is 0 Å². The molecule has 1 atom stereocenters. The maximum Gasteiger partial charge on any atom is 0.329 e. The minimum atomic E-state index is -2.97. The van der Waals surface area contributed by atoms with E-state index in [1.54, 1.807) is 19.2 Å². The van der Waals surface area contributed by atoms with E-state index in [9.17, 15) is 4.57 Å². The molecule has 0 aliphatic rings.